The summed E-state index contributed by atoms with van der Waals surface area (Å²) >= 11 is 0. The van der Waals surface area contributed by atoms with Gasteiger partial charge in [-0.1, -0.05) is 5.16 Å². The van der Waals surface area contributed by atoms with E-state index in [0.717, 1.165) is 0 Å². The molecule has 0 unspecified atom stereocenters. The molecule has 0 bridgehead atoms. The molecule has 2 aromatic heterocycles. The molecule has 20 heavy (non-hydrogen) atoms. The molecular formula is C13H9FN4O2. The largest absolute Gasteiger partial charge is 0.339 e. The van der Waals surface area contributed by atoms with Gasteiger partial charge in [0.2, 0.25) is 11.7 Å². The summed E-state index contributed by atoms with van der Waals surface area (Å²) in [6, 6.07) is 2.94. The number of benzene rings is 1. The standard InChI is InChI=1S/C13H9FN4O2/c14-9-1-2-10-8(5-15-17-10)11(9)12-16-13(20-18-12)6-3-7(19)4-6/h1-2,5-6H,3-4H2,(H,15,17). The van der Waals surface area contributed by atoms with E-state index in [1.165, 1.54) is 12.3 Å². The van der Waals surface area contributed by atoms with Crippen LogP contribution in [0.15, 0.2) is 22.9 Å². The SMILES string of the molecule is O=C1CC(c2nc(-c3c(F)ccc4[nH]ncc34)no2)C1. The number of nitrogens with zero attached hydrogens (tertiary/aromatic N) is 3. The number of carbonyl (C=O) groups excluding carboxylic acids is 1. The van der Waals surface area contributed by atoms with Crippen molar-refractivity contribution >= 4 is 16.7 Å². The van der Waals surface area contributed by atoms with Gasteiger partial charge in [0, 0.05) is 18.2 Å². The number of H-pyrrole nitrogens is 1. The summed E-state index contributed by atoms with van der Waals surface area (Å²) in [6.45, 7) is 0. The van der Waals surface area contributed by atoms with Crippen molar-refractivity contribution in [3.8, 4) is 11.4 Å². The maximum atomic E-state index is 14.0. The Balaban J connectivity index is 1.81. The van der Waals surface area contributed by atoms with E-state index in [1.807, 2.05) is 0 Å². The summed E-state index contributed by atoms with van der Waals surface area (Å²) in [7, 11) is 0. The maximum Gasteiger partial charge on any atom is 0.230 e. The molecule has 1 fully saturated rings. The maximum absolute atomic E-state index is 14.0. The summed E-state index contributed by atoms with van der Waals surface area (Å²) in [6.07, 6.45) is 2.36. The molecule has 1 saturated carbocycles. The Labute approximate surface area is 112 Å². The fraction of sp³-hybridized carbons (Fsp3) is 0.231. The van der Waals surface area contributed by atoms with E-state index in [-0.39, 0.29) is 23.1 Å². The Morgan fingerprint density at radius 1 is 1.35 bits per heavy atom. The molecule has 0 amide bonds. The Morgan fingerprint density at radius 3 is 3.00 bits per heavy atom. The van der Waals surface area contributed by atoms with E-state index in [2.05, 4.69) is 20.3 Å². The molecule has 4 rings (SSSR count). The molecule has 6 nitrogen and oxygen atoms in total. The van der Waals surface area contributed by atoms with Crippen LogP contribution in [0.4, 0.5) is 4.39 Å². The minimum absolute atomic E-state index is 0.0321. The first-order valence-corrected chi connectivity index (χ1v) is 6.19. The minimum atomic E-state index is -0.434. The fourth-order valence-corrected chi connectivity index (χ4v) is 2.39. The number of aromatic amines is 1. The zero-order chi connectivity index (χ0) is 13.7. The summed E-state index contributed by atoms with van der Waals surface area (Å²) in [5, 5.41) is 11.1. The number of aromatic nitrogens is 4. The molecular weight excluding hydrogens is 263 g/mol. The predicted octanol–water partition coefficient (Wildman–Crippen LogP) is 2.20. The Hall–Kier alpha value is -2.57. The van der Waals surface area contributed by atoms with Gasteiger partial charge in [-0.3, -0.25) is 9.89 Å². The number of carbonyl (C=O) groups is 1. The molecule has 0 atom stereocenters. The summed E-state index contributed by atoms with van der Waals surface area (Å²) in [5.74, 6) is 0.285. The van der Waals surface area contributed by atoms with E-state index in [0.29, 0.717) is 29.6 Å². The number of nitrogens with one attached hydrogen (secondary N) is 1. The van der Waals surface area contributed by atoms with Gasteiger partial charge in [-0.15, -0.1) is 0 Å². The molecule has 0 aliphatic heterocycles. The highest BCUT2D eigenvalue weighted by Crippen LogP contribution is 2.35. The number of Topliss-reactive ketones (excluding diaryl/α,β-unsaturated/α-hetero) is 1. The summed E-state index contributed by atoms with van der Waals surface area (Å²) in [5.41, 5.74) is 0.962. The summed E-state index contributed by atoms with van der Waals surface area (Å²) in [4.78, 5) is 15.2. The van der Waals surface area contributed by atoms with Crippen molar-refractivity contribution in [3.05, 3.63) is 30.0 Å². The van der Waals surface area contributed by atoms with Crippen LogP contribution in [0.1, 0.15) is 24.7 Å². The quantitative estimate of drug-likeness (QED) is 0.773. The van der Waals surface area contributed by atoms with Crippen LogP contribution in [0.25, 0.3) is 22.3 Å². The van der Waals surface area contributed by atoms with Gasteiger partial charge in [-0.05, 0) is 12.1 Å². The van der Waals surface area contributed by atoms with Gasteiger partial charge >= 0.3 is 0 Å². The van der Waals surface area contributed by atoms with Crippen LogP contribution < -0.4 is 0 Å². The molecule has 2 heterocycles. The fourth-order valence-electron chi connectivity index (χ4n) is 2.39. The number of halogens is 1. The number of ketones is 1. The molecule has 0 spiro atoms. The molecule has 1 N–H and O–H groups in total. The first kappa shape index (κ1) is 11.3. The molecule has 7 heteroatoms. The molecule has 3 aromatic rings. The Morgan fingerprint density at radius 2 is 2.20 bits per heavy atom. The van der Waals surface area contributed by atoms with E-state index in [4.69, 9.17) is 4.52 Å². The zero-order valence-electron chi connectivity index (χ0n) is 10.3. The molecule has 1 aliphatic carbocycles. The Bertz CT molecular complexity index is 815. The highest BCUT2D eigenvalue weighted by molar-refractivity contribution is 5.92. The van der Waals surface area contributed by atoms with Crippen LogP contribution in [0, 0.1) is 5.82 Å². The molecule has 1 aliphatic rings. The van der Waals surface area contributed by atoms with Crippen LogP contribution >= 0.6 is 0 Å². The number of fused-ring (bicyclic) bond motifs is 1. The lowest BCUT2D eigenvalue weighted by molar-refractivity contribution is -0.125. The van der Waals surface area contributed by atoms with Crippen molar-refractivity contribution in [2.75, 3.05) is 0 Å². The van der Waals surface area contributed by atoms with Crippen LogP contribution in [0.3, 0.4) is 0 Å². The highest BCUT2D eigenvalue weighted by atomic mass is 19.1. The van der Waals surface area contributed by atoms with E-state index in [9.17, 15) is 9.18 Å². The average Bonchev–Trinajstić information content (AvgIpc) is 3.03. The van der Waals surface area contributed by atoms with Gasteiger partial charge in [-0.2, -0.15) is 10.1 Å². The lowest BCUT2D eigenvalue weighted by Crippen LogP contribution is -2.21. The van der Waals surface area contributed by atoms with Gasteiger partial charge in [-0.25, -0.2) is 4.39 Å². The van der Waals surface area contributed by atoms with Gasteiger partial charge in [0.15, 0.2) is 0 Å². The second kappa shape index (κ2) is 3.96. The van der Waals surface area contributed by atoms with Gasteiger partial charge in [0.25, 0.3) is 0 Å². The number of rotatable bonds is 2. The van der Waals surface area contributed by atoms with Crippen molar-refractivity contribution in [1.29, 1.82) is 0 Å². The average molecular weight is 272 g/mol. The molecule has 0 saturated heterocycles. The van der Waals surface area contributed by atoms with Crippen molar-refractivity contribution in [2.45, 2.75) is 18.8 Å². The second-order valence-electron chi connectivity index (χ2n) is 4.85. The molecule has 100 valence electrons. The lowest BCUT2D eigenvalue weighted by atomic mass is 9.84. The first-order chi connectivity index (χ1) is 9.72. The van der Waals surface area contributed by atoms with Crippen molar-refractivity contribution < 1.29 is 13.7 Å². The topological polar surface area (TPSA) is 84.7 Å². The van der Waals surface area contributed by atoms with Crippen molar-refractivity contribution in [3.63, 3.8) is 0 Å². The highest BCUT2D eigenvalue weighted by Gasteiger charge is 2.33. The van der Waals surface area contributed by atoms with Crippen LogP contribution in [-0.2, 0) is 4.79 Å². The predicted molar refractivity (Wildman–Crippen MR) is 66.3 cm³/mol. The van der Waals surface area contributed by atoms with Gasteiger partial charge < -0.3 is 4.52 Å². The van der Waals surface area contributed by atoms with E-state index in [1.54, 1.807) is 6.07 Å². The first-order valence-electron chi connectivity index (χ1n) is 6.19. The minimum Gasteiger partial charge on any atom is -0.339 e. The van der Waals surface area contributed by atoms with Gasteiger partial charge in [0.05, 0.1) is 23.2 Å². The number of hydrogen-bond donors (Lipinski definition) is 1. The van der Waals surface area contributed by atoms with Gasteiger partial charge in [0.1, 0.15) is 11.6 Å². The van der Waals surface area contributed by atoms with Crippen molar-refractivity contribution in [1.82, 2.24) is 20.3 Å². The molecule has 1 aromatic carbocycles. The van der Waals surface area contributed by atoms with Crippen LogP contribution in [-0.4, -0.2) is 26.1 Å². The lowest BCUT2D eigenvalue weighted by Gasteiger charge is -2.19. The van der Waals surface area contributed by atoms with E-state index >= 15 is 0 Å². The Kier molecular flexibility index (Phi) is 2.23. The van der Waals surface area contributed by atoms with Crippen LogP contribution in [0.2, 0.25) is 0 Å². The van der Waals surface area contributed by atoms with E-state index < -0.39 is 5.82 Å². The number of hydrogen-bond acceptors (Lipinski definition) is 5. The second-order valence-corrected chi connectivity index (χ2v) is 4.85. The third-order valence-corrected chi connectivity index (χ3v) is 3.54. The molecule has 0 radical (unpaired) electrons. The zero-order valence-corrected chi connectivity index (χ0v) is 10.3. The third kappa shape index (κ3) is 1.56. The van der Waals surface area contributed by atoms with Crippen LogP contribution in [0.5, 0.6) is 0 Å². The summed E-state index contributed by atoms with van der Waals surface area (Å²) < 4.78 is 19.2. The normalized spacial score (nSPS) is 15.8. The van der Waals surface area contributed by atoms with Crippen molar-refractivity contribution in [2.24, 2.45) is 0 Å². The smallest absolute Gasteiger partial charge is 0.230 e. The third-order valence-electron chi connectivity index (χ3n) is 3.54. The monoisotopic (exact) mass is 272 g/mol.